The van der Waals surface area contributed by atoms with Gasteiger partial charge in [0.15, 0.2) is 5.60 Å². The lowest BCUT2D eigenvalue weighted by Crippen LogP contribution is -2.42. The number of nitrogens with zero attached hydrogens (tertiary/aromatic N) is 1. The Morgan fingerprint density at radius 1 is 1.47 bits per heavy atom. The number of rotatable bonds is 4. The molecule has 0 fully saturated rings. The molecule has 0 aliphatic rings. The summed E-state index contributed by atoms with van der Waals surface area (Å²) in [6, 6.07) is 2.02. The molecule has 1 heterocycles. The number of pyridine rings is 1. The second kappa shape index (κ2) is 5.49. The molecule has 0 radical (unpaired) electrons. The van der Waals surface area contributed by atoms with Crippen molar-refractivity contribution in [3.63, 3.8) is 0 Å². The lowest BCUT2D eigenvalue weighted by Gasteiger charge is -2.19. The van der Waals surface area contributed by atoms with Gasteiger partial charge in [-0.2, -0.15) is 13.2 Å². The van der Waals surface area contributed by atoms with E-state index in [9.17, 15) is 23.1 Å². The summed E-state index contributed by atoms with van der Waals surface area (Å²) < 4.78 is 37.8. The summed E-state index contributed by atoms with van der Waals surface area (Å²) in [7, 11) is 0. The van der Waals surface area contributed by atoms with Crippen LogP contribution in [-0.4, -0.2) is 33.3 Å². The van der Waals surface area contributed by atoms with Crippen LogP contribution in [0.25, 0.3) is 0 Å². The van der Waals surface area contributed by atoms with Gasteiger partial charge in [-0.05, 0) is 41.6 Å². The highest BCUT2D eigenvalue weighted by atomic mass is 127. The van der Waals surface area contributed by atoms with Crippen LogP contribution < -0.4 is 5.32 Å². The third-order valence-corrected chi connectivity index (χ3v) is 3.07. The molecular weight excluding hydrogens is 380 g/mol. The van der Waals surface area contributed by atoms with Gasteiger partial charge in [-0.15, -0.1) is 0 Å². The van der Waals surface area contributed by atoms with Crippen molar-refractivity contribution in [3.05, 3.63) is 21.4 Å². The van der Waals surface area contributed by atoms with Gasteiger partial charge in [-0.3, -0.25) is 0 Å². The standard InChI is InChI=1S/C10H10F3IN2O3/c1-9(19,8(17)18)4-15-7-5(14)2-3-6(16-7)10(11,12)13/h2-3,19H,4H2,1H3,(H,15,16)(H,17,18). The van der Waals surface area contributed by atoms with Gasteiger partial charge in [-0.25, -0.2) is 9.78 Å². The summed E-state index contributed by atoms with van der Waals surface area (Å²) in [5.41, 5.74) is -3.19. The zero-order valence-electron chi connectivity index (χ0n) is 9.62. The van der Waals surface area contributed by atoms with Crippen LogP contribution >= 0.6 is 22.6 Å². The van der Waals surface area contributed by atoms with Crippen LogP contribution in [0.5, 0.6) is 0 Å². The van der Waals surface area contributed by atoms with E-state index in [4.69, 9.17) is 5.11 Å². The fourth-order valence-electron chi connectivity index (χ4n) is 1.06. The van der Waals surface area contributed by atoms with Gasteiger partial charge >= 0.3 is 12.1 Å². The van der Waals surface area contributed by atoms with Crippen LogP contribution in [-0.2, 0) is 11.0 Å². The first kappa shape index (κ1) is 16.0. The molecule has 1 aromatic heterocycles. The largest absolute Gasteiger partial charge is 0.479 e. The van der Waals surface area contributed by atoms with E-state index in [-0.39, 0.29) is 5.82 Å². The molecule has 0 aromatic carbocycles. The number of halogens is 4. The Kier molecular flexibility index (Phi) is 4.61. The molecule has 3 N–H and O–H groups in total. The lowest BCUT2D eigenvalue weighted by atomic mass is 10.1. The number of hydrogen-bond acceptors (Lipinski definition) is 4. The predicted octanol–water partition coefficient (Wildman–Crippen LogP) is 1.95. The summed E-state index contributed by atoms with van der Waals surface area (Å²) in [5, 5.41) is 20.5. The van der Waals surface area contributed by atoms with E-state index in [2.05, 4.69) is 10.3 Å². The number of hydrogen-bond donors (Lipinski definition) is 3. The highest BCUT2D eigenvalue weighted by molar-refractivity contribution is 14.1. The Morgan fingerprint density at radius 2 is 2.05 bits per heavy atom. The Hall–Kier alpha value is -1.10. The maximum absolute atomic E-state index is 12.5. The van der Waals surface area contributed by atoms with Crippen molar-refractivity contribution in [1.82, 2.24) is 4.98 Å². The van der Waals surface area contributed by atoms with E-state index in [1.807, 2.05) is 0 Å². The fourth-order valence-corrected chi connectivity index (χ4v) is 1.55. The molecule has 0 amide bonds. The molecule has 5 nitrogen and oxygen atoms in total. The molecule has 1 atom stereocenters. The summed E-state index contributed by atoms with van der Waals surface area (Å²) in [5.74, 6) is -1.61. The smallest absolute Gasteiger partial charge is 0.433 e. The van der Waals surface area contributed by atoms with Gasteiger partial charge in [0.05, 0.1) is 10.1 Å². The molecule has 1 rings (SSSR count). The van der Waals surface area contributed by atoms with Gasteiger partial charge < -0.3 is 15.5 Å². The fraction of sp³-hybridized carbons (Fsp3) is 0.400. The number of anilines is 1. The number of aliphatic hydroxyl groups is 1. The predicted molar refractivity (Wildman–Crippen MR) is 68.7 cm³/mol. The average molecular weight is 390 g/mol. The lowest BCUT2D eigenvalue weighted by molar-refractivity contribution is -0.155. The number of alkyl halides is 3. The number of carboxylic acids is 1. The molecule has 9 heteroatoms. The molecular formula is C10H10F3IN2O3. The van der Waals surface area contributed by atoms with Gasteiger partial charge in [-0.1, -0.05) is 0 Å². The molecule has 1 unspecified atom stereocenters. The Balaban J connectivity index is 2.93. The Morgan fingerprint density at radius 3 is 2.53 bits per heavy atom. The average Bonchev–Trinajstić information content (AvgIpc) is 2.26. The quantitative estimate of drug-likeness (QED) is 0.685. The number of nitrogens with one attached hydrogen (secondary N) is 1. The highest BCUT2D eigenvalue weighted by Crippen LogP contribution is 2.29. The minimum absolute atomic E-state index is 0.128. The van der Waals surface area contributed by atoms with Crippen molar-refractivity contribution < 1.29 is 28.2 Å². The van der Waals surface area contributed by atoms with Crippen LogP contribution in [0, 0.1) is 3.57 Å². The van der Waals surface area contributed by atoms with E-state index in [1.54, 1.807) is 22.6 Å². The molecule has 0 bridgehead atoms. The summed E-state index contributed by atoms with van der Waals surface area (Å²) >= 11 is 1.75. The summed E-state index contributed by atoms with van der Waals surface area (Å²) in [6.07, 6.45) is -4.59. The van der Waals surface area contributed by atoms with Crippen molar-refractivity contribution in [2.45, 2.75) is 18.7 Å². The minimum atomic E-state index is -4.59. The van der Waals surface area contributed by atoms with E-state index >= 15 is 0 Å². The topological polar surface area (TPSA) is 82.5 Å². The zero-order valence-corrected chi connectivity index (χ0v) is 11.8. The Bertz CT molecular complexity index is 491. The first-order valence-corrected chi connectivity index (χ1v) is 6.05. The maximum atomic E-state index is 12.5. The van der Waals surface area contributed by atoms with Gasteiger partial charge in [0.2, 0.25) is 0 Å². The van der Waals surface area contributed by atoms with Crippen LogP contribution in [0.1, 0.15) is 12.6 Å². The van der Waals surface area contributed by atoms with Crippen molar-refractivity contribution in [3.8, 4) is 0 Å². The van der Waals surface area contributed by atoms with Crippen LogP contribution in [0.4, 0.5) is 19.0 Å². The second-order valence-corrected chi connectivity index (χ2v) is 5.12. The zero-order chi connectivity index (χ0) is 14.8. The third-order valence-electron chi connectivity index (χ3n) is 2.20. The molecule has 0 saturated heterocycles. The van der Waals surface area contributed by atoms with Crippen molar-refractivity contribution in [2.75, 3.05) is 11.9 Å². The number of carbonyl (C=O) groups is 1. The van der Waals surface area contributed by atoms with Crippen molar-refractivity contribution in [2.24, 2.45) is 0 Å². The van der Waals surface area contributed by atoms with Crippen molar-refractivity contribution >= 4 is 34.4 Å². The van der Waals surface area contributed by atoms with E-state index in [0.29, 0.717) is 3.57 Å². The molecule has 0 aliphatic carbocycles. The monoisotopic (exact) mass is 390 g/mol. The van der Waals surface area contributed by atoms with Gasteiger partial charge in [0.1, 0.15) is 11.5 Å². The van der Waals surface area contributed by atoms with Crippen LogP contribution in [0.2, 0.25) is 0 Å². The summed E-state index contributed by atoms with van der Waals surface area (Å²) in [6.45, 7) is 0.565. The summed E-state index contributed by atoms with van der Waals surface area (Å²) in [4.78, 5) is 14.0. The van der Waals surface area contributed by atoms with Crippen molar-refractivity contribution in [1.29, 1.82) is 0 Å². The van der Waals surface area contributed by atoms with E-state index in [1.165, 1.54) is 6.07 Å². The normalized spacial score (nSPS) is 14.8. The molecule has 1 aromatic rings. The Labute approximate surface area is 120 Å². The SMILES string of the molecule is CC(O)(CNc1nc(C(F)(F)F)ccc1I)C(=O)O. The van der Waals surface area contributed by atoms with E-state index in [0.717, 1.165) is 13.0 Å². The van der Waals surface area contributed by atoms with Gasteiger partial charge in [0.25, 0.3) is 0 Å². The molecule has 106 valence electrons. The number of aliphatic carboxylic acids is 1. The van der Waals surface area contributed by atoms with E-state index < -0.39 is 30.0 Å². The number of aromatic nitrogens is 1. The molecule has 0 saturated carbocycles. The number of carboxylic acid groups (broad SMARTS) is 1. The minimum Gasteiger partial charge on any atom is -0.479 e. The first-order valence-electron chi connectivity index (χ1n) is 4.97. The van der Waals surface area contributed by atoms with Crippen LogP contribution in [0.3, 0.4) is 0 Å². The highest BCUT2D eigenvalue weighted by Gasteiger charge is 2.34. The molecule has 0 spiro atoms. The second-order valence-electron chi connectivity index (χ2n) is 3.96. The van der Waals surface area contributed by atoms with Crippen LogP contribution in [0.15, 0.2) is 12.1 Å². The van der Waals surface area contributed by atoms with Gasteiger partial charge in [0, 0.05) is 0 Å². The molecule has 19 heavy (non-hydrogen) atoms. The first-order chi connectivity index (χ1) is 8.54. The molecule has 0 aliphatic heterocycles. The maximum Gasteiger partial charge on any atom is 0.433 e. The third kappa shape index (κ3) is 4.20.